The summed E-state index contributed by atoms with van der Waals surface area (Å²) >= 11 is 0. The molecule has 0 saturated carbocycles. The molecule has 1 unspecified atom stereocenters. The molecule has 0 aliphatic heterocycles. The number of para-hydroxylation sites is 1. The quantitative estimate of drug-likeness (QED) is 0.652. The third-order valence-corrected chi connectivity index (χ3v) is 4.27. The van der Waals surface area contributed by atoms with Gasteiger partial charge in [-0.1, -0.05) is 55.5 Å². The van der Waals surface area contributed by atoms with E-state index in [4.69, 9.17) is 0 Å². The zero-order valence-electron chi connectivity index (χ0n) is 15.0. The lowest BCUT2D eigenvalue weighted by atomic mass is 10.0. The number of benzene rings is 2. The van der Waals surface area contributed by atoms with Crippen LogP contribution in [0, 0.1) is 0 Å². The Hall–Kier alpha value is -2.17. The zero-order valence-corrected chi connectivity index (χ0v) is 15.0. The molecule has 25 heavy (non-hydrogen) atoms. The van der Waals surface area contributed by atoms with Crippen LogP contribution < -0.4 is 10.6 Å². The summed E-state index contributed by atoms with van der Waals surface area (Å²) in [5, 5.41) is 15.8. The van der Waals surface area contributed by atoms with Crippen LogP contribution in [0.25, 0.3) is 0 Å². The van der Waals surface area contributed by atoms with Crippen molar-refractivity contribution >= 4 is 11.6 Å². The molecule has 0 aliphatic carbocycles. The highest BCUT2D eigenvalue weighted by Crippen LogP contribution is 2.19. The molecule has 2 rings (SSSR count). The molecule has 0 heterocycles. The second kappa shape index (κ2) is 9.97. The van der Waals surface area contributed by atoms with Crippen molar-refractivity contribution in [2.24, 2.45) is 0 Å². The smallest absolute Gasteiger partial charge is 0.225 e. The van der Waals surface area contributed by atoms with Gasteiger partial charge in [-0.3, -0.25) is 4.79 Å². The number of anilines is 1. The molecule has 2 aromatic carbocycles. The van der Waals surface area contributed by atoms with Gasteiger partial charge in [-0.05, 0) is 37.0 Å². The fourth-order valence-electron chi connectivity index (χ4n) is 2.99. The molecular formula is C21H28N2O2. The summed E-state index contributed by atoms with van der Waals surface area (Å²) in [7, 11) is 0. The van der Waals surface area contributed by atoms with Crippen molar-refractivity contribution in [2.45, 2.75) is 45.2 Å². The fraction of sp³-hybridized carbons (Fsp3) is 0.381. The summed E-state index contributed by atoms with van der Waals surface area (Å²) < 4.78 is 0. The number of aliphatic hydroxyl groups excluding tert-OH is 1. The first-order valence-electron chi connectivity index (χ1n) is 8.93. The summed E-state index contributed by atoms with van der Waals surface area (Å²) in [4.78, 5) is 12.4. The highest BCUT2D eigenvalue weighted by atomic mass is 16.3. The van der Waals surface area contributed by atoms with E-state index in [-0.39, 0.29) is 24.6 Å². The first-order valence-corrected chi connectivity index (χ1v) is 8.93. The van der Waals surface area contributed by atoms with Gasteiger partial charge in [0.25, 0.3) is 0 Å². The predicted molar refractivity (Wildman–Crippen MR) is 103 cm³/mol. The van der Waals surface area contributed by atoms with Crippen LogP contribution in [0.4, 0.5) is 5.69 Å². The van der Waals surface area contributed by atoms with Gasteiger partial charge in [-0.2, -0.15) is 0 Å². The summed E-state index contributed by atoms with van der Waals surface area (Å²) in [5.74, 6) is -0.00305. The van der Waals surface area contributed by atoms with Gasteiger partial charge in [0.1, 0.15) is 0 Å². The molecule has 0 bridgehead atoms. The second-order valence-electron chi connectivity index (χ2n) is 6.31. The number of hydrogen-bond donors (Lipinski definition) is 3. The lowest BCUT2D eigenvalue weighted by Crippen LogP contribution is -2.34. The maximum Gasteiger partial charge on any atom is 0.225 e. The largest absolute Gasteiger partial charge is 0.396 e. The number of hydrogen-bond acceptors (Lipinski definition) is 3. The van der Waals surface area contributed by atoms with Crippen LogP contribution in [0.5, 0.6) is 0 Å². The van der Waals surface area contributed by atoms with E-state index in [0.29, 0.717) is 12.8 Å². The van der Waals surface area contributed by atoms with Gasteiger partial charge in [0.05, 0.1) is 0 Å². The average molecular weight is 340 g/mol. The molecule has 2 atom stereocenters. The number of nitrogens with one attached hydrogen (secondary N) is 2. The van der Waals surface area contributed by atoms with E-state index >= 15 is 0 Å². The Labute approximate surface area is 150 Å². The van der Waals surface area contributed by atoms with Crippen molar-refractivity contribution < 1.29 is 9.90 Å². The van der Waals surface area contributed by atoms with E-state index in [1.54, 1.807) is 0 Å². The molecule has 2 aromatic rings. The molecule has 0 spiro atoms. The van der Waals surface area contributed by atoms with Crippen LogP contribution in [0.1, 0.15) is 43.9 Å². The van der Waals surface area contributed by atoms with E-state index < -0.39 is 0 Å². The van der Waals surface area contributed by atoms with Crippen LogP contribution in [0.3, 0.4) is 0 Å². The van der Waals surface area contributed by atoms with E-state index in [9.17, 15) is 9.90 Å². The van der Waals surface area contributed by atoms with Crippen molar-refractivity contribution in [1.29, 1.82) is 0 Å². The van der Waals surface area contributed by atoms with Crippen molar-refractivity contribution in [3.05, 3.63) is 65.7 Å². The Morgan fingerprint density at radius 3 is 2.44 bits per heavy atom. The van der Waals surface area contributed by atoms with Gasteiger partial charge in [0.15, 0.2) is 0 Å². The van der Waals surface area contributed by atoms with Gasteiger partial charge in [-0.25, -0.2) is 0 Å². The first kappa shape index (κ1) is 19.2. The summed E-state index contributed by atoms with van der Waals surface area (Å²) in [6.45, 7) is 4.18. The maximum atomic E-state index is 12.4. The van der Waals surface area contributed by atoms with Gasteiger partial charge in [0, 0.05) is 30.8 Å². The van der Waals surface area contributed by atoms with E-state index in [2.05, 4.69) is 17.6 Å². The molecule has 1 amide bonds. The summed E-state index contributed by atoms with van der Waals surface area (Å²) in [6, 6.07) is 18.0. The van der Waals surface area contributed by atoms with Gasteiger partial charge >= 0.3 is 0 Å². The Balaban J connectivity index is 1.93. The maximum absolute atomic E-state index is 12.4. The highest BCUT2D eigenvalue weighted by Gasteiger charge is 2.16. The van der Waals surface area contributed by atoms with Crippen LogP contribution in [-0.4, -0.2) is 23.7 Å². The SMILES string of the molecule is CCc1ccccc1NC(=O)CC(C)N[C@H](CCO)c1ccccc1. The summed E-state index contributed by atoms with van der Waals surface area (Å²) in [5.41, 5.74) is 3.15. The van der Waals surface area contributed by atoms with Crippen LogP contribution in [0.15, 0.2) is 54.6 Å². The zero-order chi connectivity index (χ0) is 18.1. The molecular weight excluding hydrogens is 312 g/mol. The van der Waals surface area contributed by atoms with Gasteiger partial charge < -0.3 is 15.7 Å². The number of amides is 1. The lowest BCUT2D eigenvalue weighted by Gasteiger charge is -2.23. The monoisotopic (exact) mass is 340 g/mol. The Bertz CT molecular complexity index is 658. The standard InChI is InChI=1S/C21H28N2O2/c1-3-17-9-7-8-12-19(17)23-21(25)15-16(2)22-20(13-14-24)18-10-5-4-6-11-18/h4-12,16,20,22,24H,3,13-15H2,1-2H3,(H,23,25)/t16?,20-/m1/s1. The molecule has 0 aliphatic rings. The lowest BCUT2D eigenvalue weighted by molar-refractivity contribution is -0.116. The minimum absolute atomic E-state index is 0.00305. The van der Waals surface area contributed by atoms with Crippen molar-refractivity contribution in [3.8, 4) is 0 Å². The molecule has 0 radical (unpaired) electrons. The number of carbonyl (C=O) groups excluding carboxylic acids is 1. The highest BCUT2D eigenvalue weighted by molar-refractivity contribution is 5.91. The molecule has 4 nitrogen and oxygen atoms in total. The number of aryl methyl sites for hydroxylation is 1. The third kappa shape index (κ3) is 6.00. The fourth-order valence-corrected chi connectivity index (χ4v) is 2.99. The van der Waals surface area contributed by atoms with Gasteiger partial charge in [-0.15, -0.1) is 0 Å². The van der Waals surface area contributed by atoms with Crippen molar-refractivity contribution in [3.63, 3.8) is 0 Å². The number of rotatable bonds is 9. The van der Waals surface area contributed by atoms with E-state index in [1.807, 2.05) is 61.5 Å². The minimum Gasteiger partial charge on any atom is -0.396 e. The van der Waals surface area contributed by atoms with Gasteiger partial charge in [0.2, 0.25) is 5.91 Å². The predicted octanol–water partition coefficient (Wildman–Crippen LogP) is 3.68. The molecule has 0 aromatic heterocycles. The third-order valence-electron chi connectivity index (χ3n) is 4.27. The van der Waals surface area contributed by atoms with E-state index in [0.717, 1.165) is 23.2 Å². The van der Waals surface area contributed by atoms with Crippen LogP contribution in [0.2, 0.25) is 0 Å². The Morgan fingerprint density at radius 1 is 1.08 bits per heavy atom. The van der Waals surface area contributed by atoms with E-state index in [1.165, 1.54) is 0 Å². The Morgan fingerprint density at radius 2 is 1.76 bits per heavy atom. The molecule has 134 valence electrons. The normalized spacial score (nSPS) is 13.2. The molecule has 4 heteroatoms. The summed E-state index contributed by atoms with van der Waals surface area (Å²) in [6.07, 6.45) is 1.89. The molecule has 3 N–H and O–H groups in total. The number of aliphatic hydroxyl groups is 1. The van der Waals surface area contributed by atoms with Crippen molar-refractivity contribution in [2.75, 3.05) is 11.9 Å². The minimum atomic E-state index is -0.00305. The van der Waals surface area contributed by atoms with Crippen LogP contribution >= 0.6 is 0 Å². The first-order chi connectivity index (χ1) is 12.1. The molecule has 0 saturated heterocycles. The van der Waals surface area contributed by atoms with Crippen LogP contribution in [-0.2, 0) is 11.2 Å². The molecule has 0 fully saturated rings. The second-order valence-corrected chi connectivity index (χ2v) is 6.31. The topological polar surface area (TPSA) is 61.4 Å². The number of carbonyl (C=O) groups is 1. The van der Waals surface area contributed by atoms with Crippen molar-refractivity contribution in [1.82, 2.24) is 5.32 Å². The average Bonchev–Trinajstić information content (AvgIpc) is 2.62. The Kier molecular flexibility index (Phi) is 7.64.